The van der Waals surface area contributed by atoms with Crippen molar-refractivity contribution in [2.75, 3.05) is 5.73 Å². The van der Waals surface area contributed by atoms with Gasteiger partial charge in [-0.1, -0.05) is 36.4 Å². The van der Waals surface area contributed by atoms with E-state index in [2.05, 4.69) is 9.97 Å². The first-order valence-electron chi connectivity index (χ1n) is 7.00. The molecule has 0 unspecified atom stereocenters. The van der Waals surface area contributed by atoms with Gasteiger partial charge in [0.25, 0.3) is 5.56 Å². The van der Waals surface area contributed by atoms with Gasteiger partial charge in [-0.15, -0.1) is 12.4 Å². The first-order chi connectivity index (χ1) is 11.2. The van der Waals surface area contributed by atoms with E-state index in [0.29, 0.717) is 18.1 Å². The molecule has 124 valence electrons. The lowest BCUT2D eigenvalue weighted by molar-refractivity contribution is 0.304. The minimum Gasteiger partial charge on any atom is -0.489 e. The largest absolute Gasteiger partial charge is 0.489 e. The van der Waals surface area contributed by atoms with Crippen molar-refractivity contribution in [3.05, 3.63) is 76.8 Å². The summed E-state index contributed by atoms with van der Waals surface area (Å²) in [5.41, 5.74) is 6.20. The van der Waals surface area contributed by atoms with Crippen molar-refractivity contribution in [1.29, 1.82) is 0 Å². The summed E-state index contributed by atoms with van der Waals surface area (Å²) in [4.78, 5) is 17.7. The van der Waals surface area contributed by atoms with E-state index in [1.807, 2.05) is 36.4 Å². The second-order valence-electron chi connectivity index (χ2n) is 4.80. The molecule has 0 amide bonds. The highest BCUT2D eigenvalue weighted by molar-refractivity contribution is 5.85. The molecule has 1 heterocycles. The number of nitrogens with two attached hydrogens (primary N) is 1. The monoisotopic (exact) mass is 345 g/mol. The zero-order chi connectivity index (χ0) is 16.1. The number of H-pyrrole nitrogens is 1. The Balaban J connectivity index is 0.00000208. The summed E-state index contributed by atoms with van der Waals surface area (Å²) in [5.74, 6) is 1.20. The molecule has 0 fully saturated rings. The number of hydrogen-bond acceptors (Lipinski definition) is 5. The van der Waals surface area contributed by atoms with Gasteiger partial charge in [0, 0.05) is 6.07 Å². The molecule has 3 N–H and O–H groups in total. The fourth-order valence-corrected chi connectivity index (χ4v) is 1.96. The lowest BCUT2D eigenvalue weighted by Crippen LogP contribution is -2.13. The zero-order valence-electron chi connectivity index (χ0n) is 12.6. The van der Waals surface area contributed by atoms with Crippen molar-refractivity contribution in [1.82, 2.24) is 9.97 Å². The van der Waals surface area contributed by atoms with Gasteiger partial charge in [-0.3, -0.25) is 4.79 Å². The molecule has 0 spiro atoms. The number of ether oxygens (including phenoxy) is 2. The van der Waals surface area contributed by atoms with Crippen molar-refractivity contribution in [2.24, 2.45) is 0 Å². The summed E-state index contributed by atoms with van der Waals surface area (Å²) < 4.78 is 11.3. The number of hydrogen-bond donors (Lipinski definition) is 2. The molecule has 0 bridgehead atoms. The predicted octanol–water partition coefficient (Wildman–Crippen LogP) is 3.15. The third kappa shape index (κ3) is 4.27. The van der Waals surface area contributed by atoms with E-state index >= 15 is 0 Å². The van der Waals surface area contributed by atoms with Crippen LogP contribution in [0.3, 0.4) is 0 Å². The van der Waals surface area contributed by atoms with Crippen LogP contribution < -0.4 is 20.8 Å². The fourth-order valence-electron chi connectivity index (χ4n) is 1.96. The Morgan fingerprint density at radius 2 is 1.79 bits per heavy atom. The fraction of sp³-hybridized carbons (Fsp3) is 0.0588. The van der Waals surface area contributed by atoms with Crippen LogP contribution in [0.5, 0.6) is 17.4 Å². The minimum absolute atomic E-state index is 0. The number of halogens is 1. The highest BCUT2D eigenvalue weighted by Gasteiger charge is 2.07. The Hall–Kier alpha value is -2.99. The number of rotatable bonds is 5. The first-order valence-corrected chi connectivity index (χ1v) is 7.00. The Morgan fingerprint density at radius 3 is 2.58 bits per heavy atom. The summed E-state index contributed by atoms with van der Waals surface area (Å²) in [6, 6.07) is 16.9. The molecule has 0 aliphatic heterocycles. The van der Waals surface area contributed by atoms with Crippen LogP contribution in [0, 0.1) is 0 Å². The molecule has 2 aromatic carbocycles. The van der Waals surface area contributed by atoms with Gasteiger partial charge in [-0.25, -0.2) is 4.98 Å². The second-order valence-corrected chi connectivity index (χ2v) is 4.80. The van der Waals surface area contributed by atoms with Gasteiger partial charge in [0.1, 0.15) is 18.1 Å². The van der Waals surface area contributed by atoms with E-state index < -0.39 is 5.56 Å². The van der Waals surface area contributed by atoms with Gasteiger partial charge in [0.2, 0.25) is 5.88 Å². The molecule has 0 aliphatic rings. The maximum atomic E-state index is 11.4. The molecule has 24 heavy (non-hydrogen) atoms. The first kappa shape index (κ1) is 17.4. The molecule has 3 aromatic rings. The molecule has 0 atom stereocenters. The quantitative estimate of drug-likeness (QED) is 0.741. The molecule has 0 saturated carbocycles. The van der Waals surface area contributed by atoms with E-state index in [0.717, 1.165) is 5.56 Å². The van der Waals surface area contributed by atoms with Gasteiger partial charge in [0.15, 0.2) is 5.69 Å². The minimum atomic E-state index is -0.438. The summed E-state index contributed by atoms with van der Waals surface area (Å²) in [7, 11) is 0. The van der Waals surface area contributed by atoms with Crippen molar-refractivity contribution >= 4 is 18.1 Å². The van der Waals surface area contributed by atoms with Gasteiger partial charge >= 0.3 is 0 Å². The number of nitrogens with zero attached hydrogens (tertiary/aromatic N) is 1. The van der Waals surface area contributed by atoms with Gasteiger partial charge in [-0.05, 0) is 17.7 Å². The van der Waals surface area contributed by atoms with Crippen LogP contribution in [0.2, 0.25) is 0 Å². The third-order valence-corrected chi connectivity index (χ3v) is 3.12. The Bertz CT molecular complexity index is 853. The second kappa shape index (κ2) is 8.03. The number of anilines is 1. The van der Waals surface area contributed by atoms with E-state index in [-0.39, 0.29) is 24.0 Å². The highest BCUT2D eigenvalue weighted by atomic mass is 35.5. The number of nitrogens with one attached hydrogen (secondary N) is 1. The van der Waals surface area contributed by atoms with E-state index in [4.69, 9.17) is 15.2 Å². The molecule has 6 nitrogen and oxygen atoms in total. The normalized spacial score (nSPS) is 9.83. The number of nitrogen functional groups attached to an aromatic ring is 1. The van der Waals surface area contributed by atoms with Crippen LogP contribution in [0.4, 0.5) is 5.69 Å². The van der Waals surface area contributed by atoms with Crippen molar-refractivity contribution in [2.45, 2.75) is 6.61 Å². The number of aromatic amines is 1. The van der Waals surface area contributed by atoms with Crippen molar-refractivity contribution in [3.8, 4) is 17.4 Å². The van der Waals surface area contributed by atoms with E-state index in [1.165, 1.54) is 6.33 Å². The summed E-state index contributed by atoms with van der Waals surface area (Å²) in [6.07, 6.45) is 1.24. The Morgan fingerprint density at radius 1 is 1.04 bits per heavy atom. The lowest BCUT2D eigenvalue weighted by Gasteiger charge is -2.09. The average molecular weight is 346 g/mol. The Kier molecular flexibility index (Phi) is 5.81. The molecule has 7 heteroatoms. The SMILES string of the molecule is Cl.Nc1c(Oc2cccc(OCc3ccccc3)c2)nc[nH]c1=O. The summed E-state index contributed by atoms with van der Waals surface area (Å²) in [5, 5.41) is 0. The smallest absolute Gasteiger partial charge is 0.277 e. The molecule has 0 saturated heterocycles. The third-order valence-electron chi connectivity index (χ3n) is 3.12. The van der Waals surface area contributed by atoms with Crippen LogP contribution in [0.25, 0.3) is 0 Å². The zero-order valence-corrected chi connectivity index (χ0v) is 13.5. The topological polar surface area (TPSA) is 90.2 Å². The van der Waals surface area contributed by atoms with Gasteiger partial charge in [-0.2, -0.15) is 0 Å². The van der Waals surface area contributed by atoms with Crippen LogP contribution in [0.15, 0.2) is 65.7 Å². The maximum Gasteiger partial charge on any atom is 0.277 e. The maximum absolute atomic E-state index is 11.4. The van der Waals surface area contributed by atoms with Crippen molar-refractivity contribution in [3.63, 3.8) is 0 Å². The van der Waals surface area contributed by atoms with Crippen molar-refractivity contribution < 1.29 is 9.47 Å². The van der Waals surface area contributed by atoms with Crippen LogP contribution >= 0.6 is 12.4 Å². The van der Waals surface area contributed by atoms with Crippen LogP contribution in [0.1, 0.15) is 5.56 Å². The lowest BCUT2D eigenvalue weighted by atomic mass is 10.2. The Labute approximate surface area is 144 Å². The molecule has 3 rings (SSSR count). The molecular weight excluding hydrogens is 330 g/mol. The standard InChI is InChI=1S/C17H15N3O3.ClH/c18-15-16(21)19-11-20-17(15)23-14-8-4-7-13(9-14)22-10-12-5-2-1-3-6-12;/h1-9,11H,10,18H2,(H,19,20,21);1H. The van der Waals surface area contributed by atoms with E-state index in [1.54, 1.807) is 18.2 Å². The number of aromatic nitrogens is 2. The molecular formula is C17H16ClN3O3. The van der Waals surface area contributed by atoms with Crippen LogP contribution in [-0.2, 0) is 6.61 Å². The summed E-state index contributed by atoms with van der Waals surface area (Å²) in [6.45, 7) is 0.454. The predicted molar refractivity (Wildman–Crippen MR) is 93.8 cm³/mol. The molecule has 0 radical (unpaired) electrons. The highest BCUT2D eigenvalue weighted by Crippen LogP contribution is 2.26. The number of benzene rings is 2. The van der Waals surface area contributed by atoms with E-state index in [9.17, 15) is 4.79 Å². The van der Waals surface area contributed by atoms with Gasteiger partial charge < -0.3 is 20.2 Å². The molecule has 0 aliphatic carbocycles. The van der Waals surface area contributed by atoms with Gasteiger partial charge in [0.05, 0.1) is 6.33 Å². The molecule has 1 aromatic heterocycles. The summed E-state index contributed by atoms with van der Waals surface area (Å²) >= 11 is 0. The van der Waals surface area contributed by atoms with Crippen LogP contribution in [-0.4, -0.2) is 9.97 Å². The average Bonchev–Trinajstić information content (AvgIpc) is 2.59.